The Kier molecular flexibility index (Phi) is 7.76. The lowest BCUT2D eigenvalue weighted by molar-refractivity contribution is 0.0956. The number of halogens is 1. The SMILES string of the molecule is CCCNc1ncc(Br)cc1C(=O)NCCS(=O)CC. The van der Waals surface area contributed by atoms with Crippen molar-refractivity contribution in [3.63, 3.8) is 0 Å². The summed E-state index contributed by atoms with van der Waals surface area (Å²) in [6.45, 7) is 5.07. The molecular weight excluding hydrogens is 342 g/mol. The lowest BCUT2D eigenvalue weighted by Gasteiger charge is -2.11. The number of rotatable bonds is 8. The summed E-state index contributed by atoms with van der Waals surface area (Å²) in [5, 5.41) is 5.90. The van der Waals surface area contributed by atoms with Gasteiger partial charge in [0.1, 0.15) is 5.82 Å². The number of carbonyl (C=O) groups excluding carboxylic acids is 1. The van der Waals surface area contributed by atoms with E-state index in [4.69, 9.17) is 0 Å². The van der Waals surface area contributed by atoms with Gasteiger partial charge in [-0.3, -0.25) is 9.00 Å². The van der Waals surface area contributed by atoms with E-state index < -0.39 is 10.8 Å². The van der Waals surface area contributed by atoms with Crippen molar-refractivity contribution in [2.24, 2.45) is 0 Å². The highest BCUT2D eigenvalue weighted by Crippen LogP contribution is 2.18. The number of aromatic nitrogens is 1. The fraction of sp³-hybridized carbons (Fsp3) is 0.538. The van der Waals surface area contributed by atoms with Crippen molar-refractivity contribution in [1.82, 2.24) is 10.3 Å². The number of hydrogen-bond acceptors (Lipinski definition) is 4. The molecule has 1 heterocycles. The van der Waals surface area contributed by atoms with E-state index in [0.717, 1.165) is 17.4 Å². The number of nitrogens with zero attached hydrogens (tertiary/aromatic N) is 1. The monoisotopic (exact) mass is 361 g/mol. The molecule has 2 N–H and O–H groups in total. The molecule has 5 nitrogen and oxygen atoms in total. The van der Waals surface area contributed by atoms with Crippen LogP contribution in [0.4, 0.5) is 5.82 Å². The normalized spacial score (nSPS) is 11.9. The number of amides is 1. The summed E-state index contributed by atoms with van der Waals surface area (Å²) >= 11 is 3.32. The van der Waals surface area contributed by atoms with E-state index >= 15 is 0 Å². The lowest BCUT2D eigenvalue weighted by Crippen LogP contribution is -2.29. The van der Waals surface area contributed by atoms with Crippen molar-refractivity contribution < 1.29 is 9.00 Å². The van der Waals surface area contributed by atoms with Crippen LogP contribution in [0.15, 0.2) is 16.7 Å². The van der Waals surface area contributed by atoms with Crippen molar-refractivity contribution >= 4 is 38.5 Å². The van der Waals surface area contributed by atoms with Gasteiger partial charge in [-0.05, 0) is 28.4 Å². The highest BCUT2D eigenvalue weighted by atomic mass is 79.9. The third kappa shape index (κ3) is 5.58. The number of carbonyl (C=O) groups is 1. The van der Waals surface area contributed by atoms with Crippen LogP contribution in [0.3, 0.4) is 0 Å². The smallest absolute Gasteiger partial charge is 0.255 e. The highest BCUT2D eigenvalue weighted by Gasteiger charge is 2.13. The van der Waals surface area contributed by atoms with Crippen LogP contribution >= 0.6 is 15.9 Å². The van der Waals surface area contributed by atoms with Gasteiger partial charge in [0.15, 0.2) is 0 Å². The predicted octanol–water partition coefficient (Wildman–Crippen LogP) is 2.16. The minimum Gasteiger partial charge on any atom is -0.369 e. The molecule has 0 bridgehead atoms. The molecule has 0 aliphatic carbocycles. The van der Waals surface area contributed by atoms with Gasteiger partial charge in [0.05, 0.1) is 5.56 Å². The van der Waals surface area contributed by atoms with Gasteiger partial charge in [-0.25, -0.2) is 4.98 Å². The number of nitrogens with one attached hydrogen (secondary N) is 2. The van der Waals surface area contributed by atoms with Gasteiger partial charge in [-0.1, -0.05) is 13.8 Å². The largest absolute Gasteiger partial charge is 0.369 e. The van der Waals surface area contributed by atoms with Gasteiger partial charge < -0.3 is 10.6 Å². The van der Waals surface area contributed by atoms with Crippen molar-refractivity contribution in [3.05, 3.63) is 22.3 Å². The maximum Gasteiger partial charge on any atom is 0.255 e. The second kappa shape index (κ2) is 9.07. The number of pyridine rings is 1. The van der Waals surface area contributed by atoms with Gasteiger partial charge in [0.2, 0.25) is 0 Å². The minimum atomic E-state index is -0.870. The molecule has 20 heavy (non-hydrogen) atoms. The maximum absolute atomic E-state index is 12.1. The molecule has 112 valence electrons. The van der Waals surface area contributed by atoms with Crippen LogP contribution in [0.25, 0.3) is 0 Å². The Morgan fingerprint density at radius 2 is 2.15 bits per heavy atom. The molecular formula is C13H20BrN3O2S. The zero-order valence-corrected chi connectivity index (χ0v) is 14.1. The summed E-state index contributed by atoms with van der Waals surface area (Å²) in [4.78, 5) is 16.4. The van der Waals surface area contributed by atoms with E-state index in [1.165, 1.54) is 0 Å². The first kappa shape index (κ1) is 17.1. The van der Waals surface area contributed by atoms with E-state index in [-0.39, 0.29) is 5.91 Å². The average Bonchev–Trinajstić information content (AvgIpc) is 2.45. The molecule has 0 fully saturated rings. The molecule has 0 aliphatic heterocycles. The second-order valence-electron chi connectivity index (χ2n) is 4.17. The third-order valence-electron chi connectivity index (χ3n) is 2.58. The van der Waals surface area contributed by atoms with Crippen LogP contribution < -0.4 is 10.6 Å². The van der Waals surface area contributed by atoms with Crippen LogP contribution in [-0.2, 0) is 10.8 Å². The first-order valence-electron chi connectivity index (χ1n) is 6.61. The zero-order valence-electron chi connectivity index (χ0n) is 11.7. The minimum absolute atomic E-state index is 0.203. The summed E-state index contributed by atoms with van der Waals surface area (Å²) in [5.74, 6) is 1.45. The third-order valence-corrected chi connectivity index (χ3v) is 4.32. The van der Waals surface area contributed by atoms with Gasteiger partial charge in [-0.2, -0.15) is 0 Å². The Morgan fingerprint density at radius 3 is 2.80 bits per heavy atom. The fourth-order valence-corrected chi connectivity index (χ4v) is 2.46. The maximum atomic E-state index is 12.1. The Bertz CT molecular complexity index is 483. The van der Waals surface area contributed by atoms with Gasteiger partial charge in [0, 0.05) is 46.1 Å². The van der Waals surface area contributed by atoms with Crippen LogP contribution in [-0.4, -0.2) is 39.7 Å². The topological polar surface area (TPSA) is 71.1 Å². The fourth-order valence-electron chi connectivity index (χ4n) is 1.51. The number of hydrogen-bond donors (Lipinski definition) is 2. The van der Waals surface area contributed by atoms with E-state index in [1.807, 2.05) is 13.8 Å². The van der Waals surface area contributed by atoms with Gasteiger partial charge in [-0.15, -0.1) is 0 Å². The van der Waals surface area contributed by atoms with Gasteiger partial charge >= 0.3 is 0 Å². The summed E-state index contributed by atoms with van der Waals surface area (Å²) in [5.41, 5.74) is 0.495. The van der Waals surface area contributed by atoms with E-state index in [1.54, 1.807) is 12.3 Å². The highest BCUT2D eigenvalue weighted by molar-refractivity contribution is 9.10. The molecule has 0 saturated heterocycles. The van der Waals surface area contributed by atoms with E-state index in [0.29, 0.717) is 29.4 Å². The molecule has 1 unspecified atom stereocenters. The van der Waals surface area contributed by atoms with Gasteiger partial charge in [0.25, 0.3) is 5.91 Å². The van der Waals surface area contributed by atoms with Crippen LogP contribution in [0.1, 0.15) is 30.6 Å². The Balaban J connectivity index is 2.69. The van der Waals surface area contributed by atoms with Crippen molar-refractivity contribution in [3.8, 4) is 0 Å². The quantitative estimate of drug-likeness (QED) is 0.744. The number of anilines is 1. The van der Waals surface area contributed by atoms with Crippen molar-refractivity contribution in [2.75, 3.05) is 29.9 Å². The van der Waals surface area contributed by atoms with Crippen molar-refractivity contribution in [1.29, 1.82) is 0 Å². The first-order valence-corrected chi connectivity index (χ1v) is 8.89. The van der Waals surface area contributed by atoms with E-state index in [2.05, 4.69) is 31.5 Å². The average molecular weight is 362 g/mol. The van der Waals surface area contributed by atoms with Crippen LogP contribution in [0.2, 0.25) is 0 Å². The Morgan fingerprint density at radius 1 is 1.40 bits per heavy atom. The molecule has 1 aromatic heterocycles. The van der Waals surface area contributed by atoms with Crippen LogP contribution in [0.5, 0.6) is 0 Å². The second-order valence-corrected chi connectivity index (χ2v) is 6.95. The molecule has 0 aliphatic rings. The molecule has 0 saturated carbocycles. The summed E-state index contributed by atoms with van der Waals surface area (Å²) in [6.07, 6.45) is 2.61. The molecule has 1 aromatic rings. The first-order chi connectivity index (χ1) is 9.58. The Labute approximate surface area is 130 Å². The molecule has 0 spiro atoms. The lowest BCUT2D eigenvalue weighted by atomic mass is 10.2. The molecule has 0 radical (unpaired) electrons. The summed E-state index contributed by atoms with van der Waals surface area (Å²) in [6, 6.07) is 1.73. The Hall–Kier alpha value is -0.950. The molecule has 0 aromatic carbocycles. The summed E-state index contributed by atoms with van der Waals surface area (Å²) in [7, 11) is -0.870. The molecule has 1 amide bonds. The van der Waals surface area contributed by atoms with E-state index in [9.17, 15) is 9.00 Å². The standard InChI is InChI=1S/C13H20BrN3O2S/c1-3-5-15-12-11(8-10(14)9-17-12)13(18)16-6-7-20(19)4-2/h8-9H,3-7H2,1-2H3,(H,15,17)(H,16,18). The zero-order chi connectivity index (χ0) is 15.0. The predicted molar refractivity (Wildman–Crippen MR) is 86.6 cm³/mol. The molecule has 1 rings (SSSR count). The van der Waals surface area contributed by atoms with Crippen molar-refractivity contribution in [2.45, 2.75) is 20.3 Å². The van der Waals surface area contributed by atoms with Crippen LogP contribution in [0, 0.1) is 0 Å². The molecule has 7 heteroatoms. The molecule has 1 atom stereocenters. The summed E-state index contributed by atoms with van der Waals surface area (Å²) < 4.78 is 12.1.